The van der Waals surface area contributed by atoms with E-state index in [1.165, 1.54) is 27.4 Å². The Balaban J connectivity index is 0.000000203. The highest BCUT2D eigenvalue weighted by atomic mass is 19.4. The topological polar surface area (TPSA) is 190 Å². The molecule has 6 aliphatic rings. The van der Waals surface area contributed by atoms with Crippen LogP contribution in [0.3, 0.4) is 0 Å². The lowest BCUT2D eigenvalue weighted by molar-refractivity contribution is -0.290. The third kappa shape index (κ3) is 8.70. The molecule has 0 bridgehead atoms. The van der Waals surface area contributed by atoms with Crippen molar-refractivity contribution in [1.82, 2.24) is 9.80 Å². The van der Waals surface area contributed by atoms with E-state index in [2.05, 4.69) is 13.8 Å². The fourth-order valence-electron chi connectivity index (χ4n) is 12.4. The summed E-state index contributed by atoms with van der Waals surface area (Å²) in [5.41, 5.74) is -14.9. The van der Waals surface area contributed by atoms with Crippen molar-refractivity contribution in [2.45, 2.75) is 82.5 Å². The summed E-state index contributed by atoms with van der Waals surface area (Å²) in [6.07, 6.45) is -22.6. The van der Waals surface area contributed by atoms with Crippen molar-refractivity contribution in [1.29, 1.82) is 0 Å². The van der Waals surface area contributed by atoms with E-state index in [-0.39, 0.29) is 30.2 Å². The molecule has 81 heavy (non-hydrogen) atoms. The molecule has 4 aromatic rings. The molecule has 2 N–H and O–H groups in total. The second-order valence-corrected chi connectivity index (χ2v) is 20.8. The molecule has 0 aromatic heterocycles. The second kappa shape index (κ2) is 20.0. The normalized spacial score (nSPS) is 24.8. The number of alkyl halides is 12. The predicted molar refractivity (Wildman–Crippen MR) is 258 cm³/mol. The van der Waals surface area contributed by atoms with Crippen LogP contribution in [0.2, 0.25) is 0 Å². The second-order valence-electron chi connectivity index (χ2n) is 20.8. The maximum absolute atomic E-state index is 14.6. The molecule has 2 saturated carbocycles. The van der Waals surface area contributed by atoms with Crippen molar-refractivity contribution < 1.29 is 101 Å². The van der Waals surface area contributed by atoms with E-state index in [0.717, 1.165) is 53.1 Å². The van der Waals surface area contributed by atoms with Gasteiger partial charge in [0, 0.05) is 14.1 Å². The highest BCUT2D eigenvalue weighted by molar-refractivity contribution is 6.26. The Morgan fingerprint density at radius 2 is 0.741 bits per heavy atom. The van der Waals surface area contributed by atoms with Gasteiger partial charge in [0.2, 0.25) is 58.1 Å². The average molecular weight is 1150 g/mol. The van der Waals surface area contributed by atoms with Crippen molar-refractivity contribution in [2.75, 3.05) is 23.9 Å². The Kier molecular flexibility index (Phi) is 14.7. The molecule has 2 aliphatic carbocycles. The number of nitrogens with zero attached hydrogens (tertiary/aromatic N) is 4. The van der Waals surface area contributed by atoms with Crippen molar-refractivity contribution in [3.8, 4) is 11.5 Å². The molecule has 8 atom stereocenters. The number of carbonyl (C=O) groups is 8. The minimum atomic E-state index is -6.02. The Morgan fingerprint density at radius 3 is 1.15 bits per heavy atom. The van der Waals surface area contributed by atoms with Crippen LogP contribution in [0.15, 0.2) is 84.9 Å². The summed E-state index contributed by atoms with van der Waals surface area (Å²) in [6.45, 7) is 6.88. The third-order valence-corrected chi connectivity index (χ3v) is 16.2. The molecule has 4 saturated heterocycles. The number of carbonyl (C=O) groups excluding carboxylic acids is 8. The number of anilines is 2. The number of rotatable bonds is 6. The number of imide groups is 4. The Morgan fingerprint density at radius 1 is 0.420 bits per heavy atom. The number of likely N-dealkylation sites (tertiary alicyclic amines) is 2. The quantitative estimate of drug-likeness (QED) is 0.139. The minimum absolute atomic E-state index is 0.0396. The molecule has 14 nitrogen and oxygen atoms in total. The molecular formula is C55H48F12N4O10. The summed E-state index contributed by atoms with van der Waals surface area (Å²) < 4.78 is 174. The first-order valence-electron chi connectivity index (χ1n) is 25.0. The number of hydrogen-bond acceptors (Lipinski definition) is 10. The van der Waals surface area contributed by atoms with Crippen LogP contribution in [0, 0.1) is 61.2 Å². The van der Waals surface area contributed by atoms with E-state index in [9.17, 15) is 101 Å². The van der Waals surface area contributed by atoms with Gasteiger partial charge >= 0.3 is 24.7 Å². The average Bonchev–Trinajstić information content (AvgIpc) is 3.96. The molecule has 8 unspecified atom stereocenters. The first-order chi connectivity index (χ1) is 37.5. The smallest absolute Gasteiger partial charge is 0.411 e. The fraction of sp³-hybridized carbons (Fsp3) is 0.418. The van der Waals surface area contributed by atoms with Crippen molar-refractivity contribution in [2.24, 2.45) is 47.3 Å². The van der Waals surface area contributed by atoms with Gasteiger partial charge in [-0.25, -0.2) is 4.90 Å². The monoisotopic (exact) mass is 1150 g/mol. The lowest BCUT2D eigenvalue weighted by Gasteiger charge is -2.39. The van der Waals surface area contributed by atoms with E-state index in [0.29, 0.717) is 57.8 Å². The third-order valence-electron chi connectivity index (χ3n) is 16.2. The lowest BCUT2D eigenvalue weighted by atomic mass is 9.72. The summed E-state index contributed by atoms with van der Waals surface area (Å²) in [7, 11) is 2.47. The Bertz CT molecular complexity index is 3260. The van der Waals surface area contributed by atoms with E-state index in [1.807, 2.05) is 0 Å². The first-order valence-corrected chi connectivity index (χ1v) is 25.0. The highest BCUT2D eigenvalue weighted by Crippen LogP contribution is 2.60. The Hall–Kier alpha value is -7.80. The van der Waals surface area contributed by atoms with Crippen LogP contribution in [-0.2, 0) is 49.2 Å². The number of phenols is 2. The molecule has 4 aliphatic heterocycles. The molecule has 4 heterocycles. The standard InChI is InChI=1S/C26H20F6N2O6.C26H20F6N2O4.C3H8/c1-10-7-11(3-5-16(10)35)24(25(27,28)29,26(30,31)32)12-4-6-17(36)15(8-12)34-21(38)14-9-13-18(19(14)23(34)40)22(39)33(2)20(13)37;1-12-3-5-13(6-4-12)24(25(27,28)29,26(30,31)32)14-7-9-15(10-8-14)34-21(36)17-11-16-18(19(17)23(34)38)22(37)33(2)20(16)35;1-3-2/h3-8,13-14,18-19,35-36H,9H2,1-2H3;3-10,16-19H,11H2,1-2H3;3H2,1-2H3. The van der Waals surface area contributed by atoms with Crippen LogP contribution in [0.5, 0.6) is 11.5 Å². The lowest BCUT2D eigenvalue weighted by Crippen LogP contribution is -2.54. The Labute approximate surface area is 452 Å². The van der Waals surface area contributed by atoms with Gasteiger partial charge in [-0.2, -0.15) is 52.7 Å². The van der Waals surface area contributed by atoms with E-state index in [4.69, 9.17) is 0 Å². The van der Waals surface area contributed by atoms with Crippen LogP contribution in [-0.4, -0.2) is 106 Å². The van der Waals surface area contributed by atoms with Gasteiger partial charge in [0.15, 0.2) is 0 Å². The number of phenolic OH excluding ortho intramolecular Hbond substituents is 2. The van der Waals surface area contributed by atoms with Crippen molar-refractivity contribution in [3.63, 3.8) is 0 Å². The van der Waals surface area contributed by atoms with Gasteiger partial charge in [-0.05, 0) is 84.8 Å². The number of benzene rings is 4. The molecule has 10 rings (SSSR count). The molecular weight excluding hydrogens is 1100 g/mol. The van der Waals surface area contributed by atoms with E-state index in [1.54, 1.807) is 0 Å². The molecule has 0 radical (unpaired) electrons. The summed E-state index contributed by atoms with van der Waals surface area (Å²) in [5.74, 6) is -16.3. The highest BCUT2D eigenvalue weighted by Gasteiger charge is 2.75. The van der Waals surface area contributed by atoms with Gasteiger partial charge in [-0.1, -0.05) is 80.4 Å². The number of fused-ring (bicyclic) bond motifs is 6. The maximum Gasteiger partial charge on any atom is 0.411 e. The van der Waals surface area contributed by atoms with Crippen LogP contribution >= 0.6 is 0 Å². The molecule has 432 valence electrons. The minimum Gasteiger partial charge on any atom is -0.508 e. The van der Waals surface area contributed by atoms with Gasteiger partial charge in [0.1, 0.15) is 11.5 Å². The zero-order valence-corrected chi connectivity index (χ0v) is 43.3. The van der Waals surface area contributed by atoms with Crippen LogP contribution in [0.25, 0.3) is 0 Å². The van der Waals surface area contributed by atoms with E-state index >= 15 is 0 Å². The summed E-state index contributed by atoms with van der Waals surface area (Å²) >= 11 is 0. The molecule has 4 aromatic carbocycles. The zero-order chi connectivity index (χ0) is 60.3. The summed E-state index contributed by atoms with van der Waals surface area (Å²) in [6, 6.07) is 9.61. The summed E-state index contributed by atoms with van der Waals surface area (Å²) in [5, 5.41) is 20.2. The number of halogens is 12. The molecule has 6 fully saturated rings. The number of aromatic hydroxyl groups is 2. The number of aryl methyl sites for hydroxylation is 2. The first kappa shape index (κ1) is 59.3. The van der Waals surface area contributed by atoms with Gasteiger partial charge in [0.05, 0.1) is 58.7 Å². The SMILES string of the molecule is CCC.Cc1cc(C(c2ccc(O)c(N3C(=O)C4CC5C(=O)N(C)C(=O)C5C4C3=O)c2)(C(F)(F)F)C(F)(F)F)ccc1O.Cc1ccc(C(c2ccc(N3C(=O)C4CC5C(=O)N(C)C(=O)C5C4C3=O)cc2)(C(F)(F)F)C(F)(F)F)cc1. The molecule has 8 amide bonds. The van der Waals surface area contributed by atoms with Crippen molar-refractivity contribution in [3.05, 3.63) is 118 Å². The number of hydrogen-bond donors (Lipinski definition) is 2. The van der Waals surface area contributed by atoms with Crippen LogP contribution in [0.1, 0.15) is 66.5 Å². The van der Waals surface area contributed by atoms with Gasteiger partial charge < -0.3 is 10.2 Å². The zero-order valence-electron chi connectivity index (χ0n) is 43.3. The number of amides is 8. The van der Waals surface area contributed by atoms with Gasteiger partial charge in [0.25, 0.3) is 0 Å². The largest absolute Gasteiger partial charge is 0.508 e. The van der Waals surface area contributed by atoms with Crippen LogP contribution < -0.4 is 9.80 Å². The van der Waals surface area contributed by atoms with Gasteiger partial charge in [-0.15, -0.1) is 0 Å². The summed E-state index contributed by atoms with van der Waals surface area (Å²) in [4.78, 5) is 105. The van der Waals surface area contributed by atoms with Crippen molar-refractivity contribution >= 4 is 58.6 Å². The molecule has 26 heteroatoms. The van der Waals surface area contributed by atoms with E-state index < -0.39 is 170 Å². The predicted octanol–water partition coefficient (Wildman–Crippen LogP) is 9.12. The fourth-order valence-corrected chi connectivity index (χ4v) is 12.4. The maximum atomic E-state index is 14.6. The van der Waals surface area contributed by atoms with Crippen LogP contribution in [0.4, 0.5) is 64.1 Å². The van der Waals surface area contributed by atoms with Gasteiger partial charge in [-0.3, -0.25) is 53.1 Å². The molecule has 0 spiro atoms.